The molecule has 0 aliphatic heterocycles. The fourth-order valence-corrected chi connectivity index (χ4v) is 3.61. The Morgan fingerprint density at radius 3 is 2.72 bits per heavy atom. The van der Waals surface area contributed by atoms with Crippen molar-refractivity contribution in [3.05, 3.63) is 23.5 Å². The van der Waals surface area contributed by atoms with Crippen molar-refractivity contribution in [3.63, 3.8) is 0 Å². The topological polar surface area (TPSA) is 86.4 Å². The molecule has 0 bridgehead atoms. The van der Waals surface area contributed by atoms with Crippen LogP contribution in [-0.2, 0) is 27.6 Å². The van der Waals surface area contributed by atoms with Crippen LogP contribution < -0.4 is 4.74 Å². The summed E-state index contributed by atoms with van der Waals surface area (Å²) in [5.74, 6) is 1.37. The summed E-state index contributed by atoms with van der Waals surface area (Å²) in [4.78, 5) is 15.9. The highest BCUT2D eigenvalue weighted by Crippen LogP contribution is 2.32. The Morgan fingerprint density at radius 2 is 2.10 bits per heavy atom. The standard InChI is InChI=1S/C21H29N3O4Si/c1-15(25)27-13-21-23-18-10-20(28-12-16-5-6-16)17(11-22)9-19(18)24(21)14-26-7-8-29(2,3)4/h9-10,16H,5-8,12-14H2,1-4H3. The molecule has 0 spiro atoms. The van der Waals surface area contributed by atoms with Crippen LogP contribution in [0.25, 0.3) is 11.0 Å². The van der Waals surface area contributed by atoms with Gasteiger partial charge in [-0.25, -0.2) is 4.98 Å². The molecule has 3 rings (SSSR count). The van der Waals surface area contributed by atoms with Crippen molar-refractivity contribution in [2.75, 3.05) is 13.2 Å². The minimum Gasteiger partial charge on any atom is -0.492 e. The van der Waals surface area contributed by atoms with Crippen molar-refractivity contribution in [2.45, 2.75) is 58.8 Å². The first-order valence-electron chi connectivity index (χ1n) is 10.0. The number of fused-ring (bicyclic) bond motifs is 1. The molecule has 1 aromatic heterocycles. The van der Waals surface area contributed by atoms with E-state index in [0.29, 0.717) is 48.5 Å². The number of benzene rings is 1. The van der Waals surface area contributed by atoms with E-state index in [4.69, 9.17) is 14.2 Å². The van der Waals surface area contributed by atoms with Gasteiger partial charge in [0, 0.05) is 27.7 Å². The monoisotopic (exact) mass is 415 g/mol. The Hall–Kier alpha value is -2.37. The highest BCUT2D eigenvalue weighted by atomic mass is 28.3. The number of rotatable bonds is 10. The maximum atomic E-state index is 11.3. The van der Waals surface area contributed by atoms with Gasteiger partial charge in [-0.1, -0.05) is 19.6 Å². The molecule has 2 aromatic rings. The van der Waals surface area contributed by atoms with Crippen LogP contribution in [0, 0.1) is 17.2 Å². The summed E-state index contributed by atoms with van der Waals surface area (Å²) in [6.45, 7) is 9.92. The van der Waals surface area contributed by atoms with Crippen molar-refractivity contribution < 1.29 is 19.0 Å². The second-order valence-corrected chi connectivity index (χ2v) is 14.4. The zero-order valence-electron chi connectivity index (χ0n) is 17.7. The molecule has 8 heteroatoms. The van der Waals surface area contributed by atoms with E-state index in [-0.39, 0.29) is 12.6 Å². The second kappa shape index (κ2) is 8.97. The minimum absolute atomic E-state index is 0.0571. The molecule has 1 aliphatic carbocycles. The Balaban J connectivity index is 1.86. The van der Waals surface area contributed by atoms with Gasteiger partial charge in [0.25, 0.3) is 0 Å². The van der Waals surface area contributed by atoms with Crippen LogP contribution in [0.15, 0.2) is 12.1 Å². The third-order valence-corrected chi connectivity index (χ3v) is 6.55. The Morgan fingerprint density at radius 1 is 1.34 bits per heavy atom. The highest BCUT2D eigenvalue weighted by Gasteiger charge is 2.23. The van der Waals surface area contributed by atoms with Crippen LogP contribution in [0.3, 0.4) is 0 Å². The van der Waals surface area contributed by atoms with Crippen molar-refractivity contribution in [3.8, 4) is 11.8 Å². The molecule has 1 fully saturated rings. The van der Waals surface area contributed by atoms with Crippen molar-refractivity contribution in [1.82, 2.24) is 9.55 Å². The molecule has 1 aliphatic rings. The third kappa shape index (κ3) is 6.05. The number of carbonyl (C=O) groups is 1. The Labute approximate surface area is 172 Å². The fraction of sp³-hybridized carbons (Fsp3) is 0.571. The molecule has 1 aromatic carbocycles. The SMILES string of the molecule is CC(=O)OCc1nc2cc(OCC3CC3)c(C#N)cc2n1COCC[Si](C)(C)C. The predicted octanol–water partition coefficient (Wildman–Crippen LogP) is 4.07. The molecule has 0 saturated heterocycles. The molecule has 0 unspecified atom stereocenters. The van der Waals surface area contributed by atoms with E-state index >= 15 is 0 Å². The summed E-state index contributed by atoms with van der Waals surface area (Å²) in [6, 6.07) is 6.86. The largest absolute Gasteiger partial charge is 0.492 e. The number of aromatic nitrogens is 2. The number of nitriles is 1. The molecule has 29 heavy (non-hydrogen) atoms. The van der Waals surface area contributed by atoms with Crippen LogP contribution >= 0.6 is 0 Å². The molecule has 0 radical (unpaired) electrons. The molecule has 1 saturated carbocycles. The van der Waals surface area contributed by atoms with Crippen LogP contribution in [-0.4, -0.2) is 36.8 Å². The van der Waals surface area contributed by atoms with E-state index in [1.165, 1.54) is 19.8 Å². The summed E-state index contributed by atoms with van der Waals surface area (Å²) >= 11 is 0. The maximum Gasteiger partial charge on any atom is 0.303 e. The van der Waals surface area contributed by atoms with Crippen molar-refractivity contribution in [2.24, 2.45) is 5.92 Å². The molecule has 1 heterocycles. The molecule has 0 amide bonds. The minimum atomic E-state index is -1.19. The molecular weight excluding hydrogens is 386 g/mol. The number of imidazole rings is 1. The van der Waals surface area contributed by atoms with E-state index in [0.717, 1.165) is 11.6 Å². The van der Waals surface area contributed by atoms with Crippen LogP contribution in [0.4, 0.5) is 0 Å². The summed E-state index contributed by atoms with van der Waals surface area (Å²) in [6.07, 6.45) is 2.36. The Bertz CT molecular complexity index is 923. The lowest BCUT2D eigenvalue weighted by Gasteiger charge is -2.16. The van der Waals surface area contributed by atoms with Gasteiger partial charge in [0.2, 0.25) is 0 Å². The van der Waals surface area contributed by atoms with Gasteiger partial charge in [-0.15, -0.1) is 0 Å². The zero-order valence-corrected chi connectivity index (χ0v) is 18.7. The first kappa shape index (κ1) is 21.3. The zero-order chi connectivity index (χ0) is 21.0. The molecule has 0 atom stereocenters. The summed E-state index contributed by atoms with van der Waals surface area (Å²) in [7, 11) is -1.19. The normalized spacial score (nSPS) is 14.0. The average Bonchev–Trinajstić information content (AvgIpc) is 3.41. The van der Waals surface area contributed by atoms with Gasteiger partial charge in [0.15, 0.2) is 0 Å². The van der Waals surface area contributed by atoms with Crippen molar-refractivity contribution >= 4 is 25.1 Å². The van der Waals surface area contributed by atoms with Gasteiger partial charge in [-0.2, -0.15) is 5.26 Å². The van der Waals surface area contributed by atoms with Gasteiger partial charge in [0.1, 0.15) is 31.0 Å². The van der Waals surface area contributed by atoms with E-state index in [9.17, 15) is 10.1 Å². The fourth-order valence-electron chi connectivity index (χ4n) is 2.86. The maximum absolute atomic E-state index is 11.3. The van der Waals surface area contributed by atoms with Gasteiger partial charge < -0.3 is 18.8 Å². The number of nitrogens with zero attached hydrogens (tertiary/aromatic N) is 3. The van der Waals surface area contributed by atoms with E-state index in [1.54, 1.807) is 12.1 Å². The van der Waals surface area contributed by atoms with Crippen LogP contribution in [0.1, 0.15) is 31.2 Å². The Kier molecular flexibility index (Phi) is 6.60. The van der Waals surface area contributed by atoms with Gasteiger partial charge >= 0.3 is 5.97 Å². The van der Waals surface area contributed by atoms with Gasteiger partial charge in [-0.05, 0) is 30.9 Å². The summed E-state index contributed by atoms with van der Waals surface area (Å²) in [5.41, 5.74) is 1.95. The number of hydrogen-bond donors (Lipinski definition) is 0. The highest BCUT2D eigenvalue weighted by molar-refractivity contribution is 6.76. The van der Waals surface area contributed by atoms with Crippen LogP contribution in [0.5, 0.6) is 5.75 Å². The molecule has 0 N–H and O–H groups in total. The smallest absolute Gasteiger partial charge is 0.303 e. The third-order valence-electron chi connectivity index (χ3n) is 4.84. The average molecular weight is 416 g/mol. The van der Waals surface area contributed by atoms with Gasteiger partial charge in [0.05, 0.1) is 23.2 Å². The van der Waals surface area contributed by atoms with E-state index < -0.39 is 8.07 Å². The lowest BCUT2D eigenvalue weighted by atomic mass is 10.2. The van der Waals surface area contributed by atoms with Gasteiger partial charge in [-0.3, -0.25) is 4.79 Å². The summed E-state index contributed by atoms with van der Waals surface area (Å²) in [5, 5.41) is 9.58. The lowest BCUT2D eigenvalue weighted by molar-refractivity contribution is -0.142. The number of hydrogen-bond acceptors (Lipinski definition) is 6. The van der Waals surface area contributed by atoms with E-state index in [2.05, 4.69) is 30.7 Å². The first-order valence-corrected chi connectivity index (χ1v) is 13.7. The first-order chi connectivity index (χ1) is 13.8. The van der Waals surface area contributed by atoms with Crippen LogP contribution in [0.2, 0.25) is 25.7 Å². The molecular formula is C21H29N3O4Si. The second-order valence-electron chi connectivity index (χ2n) is 8.79. The number of carbonyl (C=O) groups excluding carboxylic acids is 1. The molecule has 7 nitrogen and oxygen atoms in total. The quantitative estimate of drug-likeness (QED) is 0.330. The summed E-state index contributed by atoms with van der Waals surface area (Å²) < 4.78 is 18.8. The number of esters is 1. The molecule has 156 valence electrons. The lowest BCUT2D eigenvalue weighted by Crippen LogP contribution is -2.22. The van der Waals surface area contributed by atoms with E-state index in [1.807, 2.05) is 4.57 Å². The van der Waals surface area contributed by atoms with Crippen molar-refractivity contribution in [1.29, 1.82) is 5.26 Å². The predicted molar refractivity (Wildman–Crippen MR) is 112 cm³/mol. The number of ether oxygens (including phenoxy) is 3.